The molecule has 0 aromatic heterocycles. The first kappa shape index (κ1) is 14.9. The lowest BCUT2D eigenvalue weighted by Crippen LogP contribution is -2.18. The summed E-state index contributed by atoms with van der Waals surface area (Å²) in [5, 5.41) is 3.75. The van der Waals surface area contributed by atoms with Crippen LogP contribution in [0.1, 0.15) is 57.4 Å². The van der Waals surface area contributed by atoms with Gasteiger partial charge in [0.15, 0.2) is 0 Å². The molecule has 1 aliphatic carbocycles. The minimum absolute atomic E-state index is 0.653. The molecule has 0 heterocycles. The van der Waals surface area contributed by atoms with Crippen molar-refractivity contribution >= 4 is 21.6 Å². The highest BCUT2D eigenvalue weighted by Crippen LogP contribution is 2.30. The topological polar surface area (TPSA) is 12.0 Å². The van der Waals surface area contributed by atoms with Gasteiger partial charge < -0.3 is 5.32 Å². The summed E-state index contributed by atoms with van der Waals surface area (Å²) in [5.41, 5.74) is 2.59. The largest absolute Gasteiger partial charge is 0.381 e. The molecule has 2 unspecified atom stereocenters. The molecule has 1 nitrogen and oxygen atoms in total. The van der Waals surface area contributed by atoms with Crippen LogP contribution in [0.2, 0.25) is 0 Å². The standard InChI is InChI=1S/C17H26BrN/c1-3-5-14-6-4-7-15(10-9-14)19-17-12-13(2)8-11-16(17)18/h8,11-12,14-15,19H,3-7,9-10H2,1-2H3. The Hall–Kier alpha value is -0.500. The van der Waals surface area contributed by atoms with Crippen LogP contribution in [0.3, 0.4) is 0 Å². The van der Waals surface area contributed by atoms with Gasteiger partial charge >= 0.3 is 0 Å². The molecule has 0 amide bonds. The molecule has 0 aliphatic heterocycles. The van der Waals surface area contributed by atoms with Crippen molar-refractivity contribution in [3.8, 4) is 0 Å². The second kappa shape index (κ2) is 7.33. The summed E-state index contributed by atoms with van der Waals surface area (Å²) in [7, 11) is 0. The van der Waals surface area contributed by atoms with Gasteiger partial charge in [0.2, 0.25) is 0 Å². The molecule has 19 heavy (non-hydrogen) atoms. The zero-order valence-electron chi connectivity index (χ0n) is 12.2. The van der Waals surface area contributed by atoms with Gasteiger partial charge in [0, 0.05) is 16.2 Å². The second-order valence-corrected chi connectivity index (χ2v) is 6.84. The lowest BCUT2D eigenvalue weighted by Gasteiger charge is -2.19. The number of hydrogen-bond acceptors (Lipinski definition) is 1. The first-order chi connectivity index (χ1) is 9.19. The van der Waals surface area contributed by atoms with E-state index in [2.05, 4.69) is 53.3 Å². The molecule has 1 aromatic carbocycles. The zero-order chi connectivity index (χ0) is 13.7. The van der Waals surface area contributed by atoms with Crippen LogP contribution in [0.15, 0.2) is 22.7 Å². The molecule has 0 spiro atoms. The van der Waals surface area contributed by atoms with Gasteiger partial charge in [-0.2, -0.15) is 0 Å². The molecule has 1 aromatic rings. The minimum Gasteiger partial charge on any atom is -0.381 e. The summed E-state index contributed by atoms with van der Waals surface area (Å²) in [6.07, 6.45) is 9.61. The van der Waals surface area contributed by atoms with Gasteiger partial charge in [-0.25, -0.2) is 0 Å². The van der Waals surface area contributed by atoms with Gasteiger partial charge in [-0.05, 0) is 65.7 Å². The smallest absolute Gasteiger partial charge is 0.0489 e. The van der Waals surface area contributed by atoms with Gasteiger partial charge in [0.05, 0.1) is 0 Å². The van der Waals surface area contributed by atoms with E-state index in [1.54, 1.807) is 0 Å². The predicted molar refractivity (Wildman–Crippen MR) is 87.8 cm³/mol. The Bertz CT molecular complexity index is 402. The third kappa shape index (κ3) is 4.52. The molecule has 0 bridgehead atoms. The fourth-order valence-electron chi connectivity index (χ4n) is 3.19. The fraction of sp³-hybridized carbons (Fsp3) is 0.647. The Labute approximate surface area is 126 Å². The van der Waals surface area contributed by atoms with Gasteiger partial charge in [-0.15, -0.1) is 0 Å². The molecule has 1 N–H and O–H groups in total. The van der Waals surface area contributed by atoms with E-state index in [4.69, 9.17) is 0 Å². The van der Waals surface area contributed by atoms with Crippen LogP contribution in [-0.2, 0) is 0 Å². The van der Waals surface area contributed by atoms with Crippen LogP contribution in [0.25, 0.3) is 0 Å². The monoisotopic (exact) mass is 323 g/mol. The molecule has 0 saturated heterocycles. The van der Waals surface area contributed by atoms with E-state index < -0.39 is 0 Å². The summed E-state index contributed by atoms with van der Waals surface area (Å²) in [6.45, 7) is 4.46. The summed E-state index contributed by atoms with van der Waals surface area (Å²) in [4.78, 5) is 0. The molecular formula is C17H26BrN. The maximum Gasteiger partial charge on any atom is 0.0489 e. The highest BCUT2D eigenvalue weighted by atomic mass is 79.9. The third-order valence-electron chi connectivity index (χ3n) is 4.27. The Balaban J connectivity index is 1.94. The van der Waals surface area contributed by atoms with Crippen molar-refractivity contribution in [2.75, 3.05) is 5.32 Å². The van der Waals surface area contributed by atoms with Crippen LogP contribution in [0, 0.1) is 12.8 Å². The second-order valence-electron chi connectivity index (χ2n) is 5.99. The molecular weight excluding hydrogens is 298 g/mol. The summed E-state index contributed by atoms with van der Waals surface area (Å²) in [5.74, 6) is 0.970. The number of benzene rings is 1. The van der Waals surface area contributed by atoms with Crippen molar-refractivity contribution in [3.05, 3.63) is 28.2 Å². The van der Waals surface area contributed by atoms with E-state index in [0.717, 1.165) is 5.92 Å². The van der Waals surface area contributed by atoms with Crippen molar-refractivity contribution in [2.24, 2.45) is 5.92 Å². The number of nitrogens with one attached hydrogen (secondary N) is 1. The molecule has 1 fully saturated rings. The van der Waals surface area contributed by atoms with Crippen LogP contribution in [0.4, 0.5) is 5.69 Å². The SMILES string of the molecule is CCCC1CCCC(Nc2cc(C)ccc2Br)CC1. The van der Waals surface area contributed by atoms with E-state index in [1.165, 1.54) is 60.7 Å². The number of anilines is 1. The highest BCUT2D eigenvalue weighted by molar-refractivity contribution is 9.10. The normalized spacial score (nSPS) is 23.9. The first-order valence-electron chi connectivity index (χ1n) is 7.71. The first-order valence-corrected chi connectivity index (χ1v) is 8.51. The van der Waals surface area contributed by atoms with Crippen molar-refractivity contribution < 1.29 is 0 Å². The summed E-state index contributed by atoms with van der Waals surface area (Å²) >= 11 is 3.65. The van der Waals surface area contributed by atoms with Crippen molar-refractivity contribution in [1.82, 2.24) is 0 Å². The summed E-state index contributed by atoms with van der Waals surface area (Å²) < 4.78 is 1.19. The van der Waals surface area contributed by atoms with E-state index in [0.29, 0.717) is 6.04 Å². The van der Waals surface area contributed by atoms with E-state index in [-0.39, 0.29) is 0 Å². The molecule has 2 heteroatoms. The summed E-state index contributed by atoms with van der Waals surface area (Å²) in [6, 6.07) is 7.20. The Morgan fingerprint density at radius 1 is 1.21 bits per heavy atom. The van der Waals surface area contributed by atoms with E-state index in [1.807, 2.05) is 0 Å². The average Bonchev–Trinajstić information content (AvgIpc) is 2.60. The Morgan fingerprint density at radius 2 is 2.05 bits per heavy atom. The van der Waals surface area contributed by atoms with E-state index >= 15 is 0 Å². The van der Waals surface area contributed by atoms with Crippen LogP contribution in [-0.4, -0.2) is 6.04 Å². The van der Waals surface area contributed by atoms with Crippen molar-refractivity contribution in [2.45, 2.75) is 64.8 Å². The number of aryl methyl sites for hydroxylation is 1. The Morgan fingerprint density at radius 3 is 2.84 bits per heavy atom. The zero-order valence-corrected chi connectivity index (χ0v) is 13.8. The van der Waals surface area contributed by atoms with Crippen molar-refractivity contribution in [1.29, 1.82) is 0 Å². The highest BCUT2D eigenvalue weighted by Gasteiger charge is 2.18. The van der Waals surface area contributed by atoms with Crippen LogP contribution >= 0.6 is 15.9 Å². The number of hydrogen-bond donors (Lipinski definition) is 1. The van der Waals surface area contributed by atoms with Gasteiger partial charge in [-0.3, -0.25) is 0 Å². The molecule has 2 atom stereocenters. The molecule has 2 rings (SSSR count). The number of halogens is 1. The van der Waals surface area contributed by atoms with E-state index in [9.17, 15) is 0 Å². The maximum atomic E-state index is 3.75. The van der Waals surface area contributed by atoms with Crippen LogP contribution < -0.4 is 5.32 Å². The lowest BCUT2D eigenvalue weighted by atomic mass is 9.95. The minimum atomic E-state index is 0.653. The third-order valence-corrected chi connectivity index (χ3v) is 4.96. The maximum absolute atomic E-state index is 3.75. The molecule has 1 aliphatic rings. The van der Waals surface area contributed by atoms with Crippen molar-refractivity contribution in [3.63, 3.8) is 0 Å². The predicted octanol–water partition coefficient (Wildman–Crippen LogP) is 5.92. The number of rotatable bonds is 4. The van der Waals surface area contributed by atoms with Crippen LogP contribution in [0.5, 0.6) is 0 Å². The van der Waals surface area contributed by atoms with Gasteiger partial charge in [0.1, 0.15) is 0 Å². The lowest BCUT2D eigenvalue weighted by molar-refractivity contribution is 0.422. The average molecular weight is 324 g/mol. The Kier molecular flexibility index (Phi) is 5.75. The van der Waals surface area contributed by atoms with Gasteiger partial charge in [-0.1, -0.05) is 38.7 Å². The quantitative estimate of drug-likeness (QED) is 0.678. The molecule has 1 saturated carbocycles. The fourth-order valence-corrected chi connectivity index (χ4v) is 3.55. The molecule has 0 radical (unpaired) electrons. The molecule has 106 valence electrons. The van der Waals surface area contributed by atoms with Gasteiger partial charge in [0.25, 0.3) is 0 Å².